The molecule has 0 saturated heterocycles. The van der Waals surface area contributed by atoms with Crippen molar-refractivity contribution in [2.24, 2.45) is 4.99 Å². The lowest BCUT2D eigenvalue weighted by Gasteiger charge is -2.10. The Labute approximate surface area is 94.7 Å². The molecule has 1 aromatic rings. The van der Waals surface area contributed by atoms with Crippen molar-refractivity contribution >= 4 is 11.5 Å². The van der Waals surface area contributed by atoms with E-state index in [1.807, 2.05) is 0 Å². The molecule has 4 heteroatoms. The molecule has 2 rings (SSSR count). The van der Waals surface area contributed by atoms with Gasteiger partial charge in [-0.05, 0) is 37.1 Å². The van der Waals surface area contributed by atoms with Crippen LogP contribution in [0.4, 0.5) is 10.1 Å². The number of aliphatic imine (C=N–C) groups is 1. The molecule has 2 N–H and O–H groups in total. The Morgan fingerprint density at radius 3 is 2.62 bits per heavy atom. The summed E-state index contributed by atoms with van der Waals surface area (Å²) < 4.78 is 12.7. The zero-order chi connectivity index (χ0) is 11.2. The summed E-state index contributed by atoms with van der Waals surface area (Å²) in [7, 11) is 0. The molecule has 3 nitrogen and oxygen atoms in total. The zero-order valence-electron chi connectivity index (χ0n) is 9.17. The Hall–Kier alpha value is -1.58. The topological polar surface area (TPSA) is 36.4 Å². The van der Waals surface area contributed by atoms with Crippen LogP contribution in [-0.2, 0) is 0 Å². The maximum atomic E-state index is 12.7. The molecule has 1 aromatic carbocycles. The van der Waals surface area contributed by atoms with E-state index in [2.05, 4.69) is 15.8 Å². The van der Waals surface area contributed by atoms with Gasteiger partial charge in [0.2, 0.25) is 0 Å². The van der Waals surface area contributed by atoms with Gasteiger partial charge in [0.15, 0.2) is 0 Å². The molecule has 0 atom stereocenters. The summed E-state index contributed by atoms with van der Waals surface area (Å²) in [6.07, 6.45) is 4.57. The smallest absolute Gasteiger partial charge is 0.123 e. The van der Waals surface area contributed by atoms with Crippen LogP contribution in [0.25, 0.3) is 0 Å². The summed E-state index contributed by atoms with van der Waals surface area (Å²) in [5.74, 6) is 0.763. The molecule has 1 heterocycles. The fraction of sp³-hybridized carbons (Fsp3) is 0.417. The van der Waals surface area contributed by atoms with Crippen LogP contribution in [0, 0.1) is 5.82 Å². The third-order valence-electron chi connectivity index (χ3n) is 2.57. The summed E-state index contributed by atoms with van der Waals surface area (Å²) in [5.41, 5.74) is 6.94. The molecule has 0 saturated carbocycles. The Kier molecular flexibility index (Phi) is 3.75. The zero-order valence-corrected chi connectivity index (χ0v) is 9.17. The van der Waals surface area contributed by atoms with Crippen LogP contribution in [0.2, 0.25) is 0 Å². The van der Waals surface area contributed by atoms with Crippen molar-refractivity contribution in [3.8, 4) is 0 Å². The molecule has 1 aliphatic heterocycles. The summed E-state index contributed by atoms with van der Waals surface area (Å²) >= 11 is 0. The van der Waals surface area contributed by atoms with Crippen molar-refractivity contribution in [1.82, 2.24) is 5.43 Å². The largest absolute Gasteiger partial charge is 0.300 e. The molecular weight excluding hydrogens is 205 g/mol. The Morgan fingerprint density at radius 2 is 1.81 bits per heavy atom. The van der Waals surface area contributed by atoms with Crippen LogP contribution in [0.1, 0.15) is 25.7 Å². The maximum absolute atomic E-state index is 12.7. The fourth-order valence-electron chi connectivity index (χ4n) is 1.65. The van der Waals surface area contributed by atoms with Crippen LogP contribution >= 0.6 is 0 Å². The van der Waals surface area contributed by atoms with Gasteiger partial charge in [-0.2, -0.15) is 0 Å². The molecule has 0 unspecified atom stereocenters. The van der Waals surface area contributed by atoms with Crippen molar-refractivity contribution in [1.29, 1.82) is 0 Å². The van der Waals surface area contributed by atoms with Gasteiger partial charge in [-0.25, -0.2) is 4.39 Å². The molecule has 0 bridgehead atoms. The van der Waals surface area contributed by atoms with Gasteiger partial charge in [0, 0.05) is 13.0 Å². The number of anilines is 1. The minimum absolute atomic E-state index is 0.225. The van der Waals surface area contributed by atoms with Crippen molar-refractivity contribution < 1.29 is 4.39 Å². The molecule has 1 aliphatic rings. The van der Waals surface area contributed by atoms with Gasteiger partial charge in [-0.1, -0.05) is 6.42 Å². The number of nitrogens with zero attached hydrogens (tertiary/aromatic N) is 1. The van der Waals surface area contributed by atoms with Crippen molar-refractivity contribution in [3.05, 3.63) is 30.1 Å². The van der Waals surface area contributed by atoms with Crippen LogP contribution in [-0.4, -0.2) is 12.4 Å². The van der Waals surface area contributed by atoms with E-state index in [0.717, 1.165) is 24.5 Å². The highest BCUT2D eigenvalue weighted by Crippen LogP contribution is 2.08. The van der Waals surface area contributed by atoms with Crippen LogP contribution in [0.5, 0.6) is 0 Å². The van der Waals surface area contributed by atoms with Gasteiger partial charge in [0.1, 0.15) is 11.7 Å². The third kappa shape index (κ3) is 3.22. The normalized spacial score (nSPS) is 16.2. The average molecular weight is 221 g/mol. The Morgan fingerprint density at radius 1 is 1.00 bits per heavy atom. The molecule has 0 aromatic heterocycles. The highest BCUT2D eigenvalue weighted by Gasteiger charge is 2.03. The predicted molar refractivity (Wildman–Crippen MR) is 63.9 cm³/mol. The molecule has 0 amide bonds. The van der Waals surface area contributed by atoms with E-state index in [0.29, 0.717) is 0 Å². The van der Waals surface area contributed by atoms with Crippen LogP contribution in [0.3, 0.4) is 0 Å². The minimum Gasteiger partial charge on any atom is -0.300 e. The second-order valence-corrected chi connectivity index (χ2v) is 3.90. The summed E-state index contributed by atoms with van der Waals surface area (Å²) in [6.45, 7) is 0.896. The Balaban J connectivity index is 1.86. The molecular formula is C12H16FN3. The fourth-order valence-corrected chi connectivity index (χ4v) is 1.65. The number of halogens is 1. The van der Waals surface area contributed by atoms with Gasteiger partial charge in [-0.3, -0.25) is 15.8 Å². The lowest BCUT2D eigenvalue weighted by molar-refractivity contribution is 0.628. The van der Waals surface area contributed by atoms with Crippen molar-refractivity contribution in [3.63, 3.8) is 0 Å². The van der Waals surface area contributed by atoms with Gasteiger partial charge < -0.3 is 0 Å². The number of nitrogens with one attached hydrogen (secondary N) is 2. The first-order valence-electron chi connectivity index (χ1n) is 5.65. The van der Waals surface area contributed by atoms with E-state index in [-0.39, 0.29) is 5.82 Å². The third-order valence-corrected chi connectivity index (χ3v) is 2.57. The predicted octanol–water partition coefficient (Wildman–Crippen LogP) is 2.71. The van der Waals surface area contributed by atoms with Gasteiger partial charge in [0.05, 0.1) is 5.69 Å². The maximum Gasteiger partial charge on any atom is 0.123 e. The molecule has 0 radical (unpaired) electrons. The molecule has 0 spiro atoms. The van der Waals surface area contributed by atoms with Gasteiger partial charge in [-0.15, -0.1) is 0 Å². The molecule has 0 aliphatic carbocycles. The van der Waals surface area contributed by atoms with E-state index in [9.17, 15) is 4.39 Å². The van der Waals surface area contributed by atoms with E-state index in [4.69, 9.17) is 0 Å². The van der Waals surface area contributed by atoms with E-state index in [1.165, 1.54) is 31.4 Å². The number of hydrazine groups is 1. The number of hydrogen-bond acceptors (Lipinski definition) is 3. The molecule has 0 fully saturated rings. The summed E-state index contributed by atoms with van der Waals surface area (Å²) in [5, 5.41) is 0. The first-order chi connectivity index (χ1) is 7.84. The highest BCUT2D eigenvalue weighted by molar-refractivity contribution is 5.83. The number of rotatable bonds is 2. The average Bonchev–Trinajstić information content (AvgIpc) is 2.57. The SMILES string of the molecule is Fc1ccc(NNC2=NCCCCC2)cc1. The summed E-state index contributed by atoms with van der Waals surface area (Å²) in [4.78, 5) is 4.42. The molecule has 16 heavy (non-hydrogen) atoms. The number of benzene rings is 1. The quantitative estimate of drug-likeness (QED) is 0.753. The summed E-state index contributed by atoms with van der Waals surface area (Å²) in [6, 6.07) is 6.25. The van der Waals surface area contributed by atoms with E-state index in [1.54, 1.807) is 12.1 Å². The number of amidine groups is 1. The Bertz CT molecular complexity index is 359. The number of hydrogen-bond donors (Lipinski definition) is 2. The second kappa shape index (κ2) is 5.49. The van der Waals surface area contributed by atoms with Crippen molar-refractivity contribution in [2.45, 2.75) is 25.7 Å². The second-order valence-electron chi connectivity index (χ2n) is 3.90. The van der Waals surface area contributed by atoms with Gasteiger partial charge >= 0.3 is 0 Å². The van der Waals surface area contributed by atoms with E-state index >= 15 is 0 Å². The lowest BCUT2D eigenvalue weighted by Crippen LogP contribution is -2.29. The van der Waals surface area contributed by atoms with Crippen LogP contribution in [0.15, 0.2) is 29.3 Å². The van der Waals surface area contributed by atoms with E-state index < -0.39 is 0 Å². The molecule has 86 valence electrons. The van der Waals surface area contributed by atoms with Crippen molar-refractivity contribution in [2.75, 3.05) is 12.0 Å². The monoisotopic (exact) mass is 221 g/mol. The first-order valence-corrected chi connectivity index (χ1v) is 5.65. The minimum atomic E-state index is -0.225. The lowest BCUT2D eigenvalue weighted by atomic mass is 10.2. The standard InChI is InChI=1S/C12H16FN3/c13-10-5-7-11(8-6-10)15-16-12-4-2-1-3-9-14-12/h5-8,15H,1-4,9H2,(H,14,16). The highest BCUT2D eigenvalue weighted by atomic mass is 19.1. The van der Waals surface area contributed by atoms with Gasteiger partial charge in [0.25, 0.3) is 0 Å². The first kappa shape index (κ1) is 10.9. The van der Waals surface area contributed by atoms with Crippen LogP contribution < -0.4 is 10.9 Å².